The van der Waals surface area contributed by atoms with Crippen LogP contribution >= 0.6 is 22.7 Å². The van der Waals surface area contributed by atoms with Crippen LogP contribution in [0.1, 0.15) is 46.6 Å². The first-order valence-corrected chi connectivity index (χ1v) is 10.0. The van der Waals surface area contributed by atoms with Gasteiger partial charge in [-0.1, -0.05) is 32.9 Å². The van der Waals surface area contributed by atoms with Crippen molar-refractivity contribution < 1.29 is 9.53 Å². The number of nitrogens with one attached hydrogen (secondary N) is 1. The van der Waals surface area contributed by atoms with Crippen molar-refractivity contribution in [2.75, 3.05) is 5.32 Å². The maximum Gasteiger partial charge on any atom is 0.269 e. The number of hydrogen-bond acceptors (Lipinski definition) is 6. The van der Waals surface area contributed by atoms with E-state index in [0.29, 0.717) is 23.2 Å². The van der Waals surface area contributed by atoms with Crippen LogP contribution in [0, 0.1) is 0 Å². The van der Waals surface area contributed by atoms with Crippen LogP contribution in [0.25, 0.3) is 11.3 Å². The topological polar surface area (TPSA) is 64.1 Å². The largest absolute Gasteiger partial charge is 0.372 e. The van der Waals surface area contributed by atoms with Crippen molar-refractivity contribution in [1.29, 1.82) is 0 Å². The molecule has 0 saturated carbocycles. The number of aromatic nitrogens is 2. The summed E-state index contributed by atoms with van der Waals surface area (Å²) in [6.07, 6.45) is 1.63. The van der Waals surface area contributed by atoms with Crippen LogP contribution in [0.5, 0.6) is 0 Å². The van der Waals surface area contributed by atoms with Crippen molar-refractivity contribution in [3.05, 3.63) is 50.8 Å². The zero-order valence-corrected chi connectivity index (χ0v) is 16.5. The van der Waals surface area contributed by atoms with Gasteiger partial charge in [0.05, 0.1) is 30.1 Å². The van der Waals surface area contributed by atoms with E-state index in [1.807, 2.05) is 11.4 Å². The molecule has 0 saturated heterocycles. The fraction of sp³-hybridized carbons (Fsp3) is 0.316. The number of thiazole rings is 2. The molecule has 0 spiro atoms. The second-order valence-electron chi connectivity index (χ2n) is 7.25. The maximum absolute atomic E-state index is 12.5. The number of anilines is 1. The lowest BCUT2D eigenvalue weighted by Gasteiger charge is -2.13. The van der Waals surface area contributed by atoms with Crippen molar-refractivity contribution in [2.45, 2.75) is 39.4 Å². The second-order valence-corrected chi connectivity index (χ2v) is 9.14. The number of carbonyl (C=O) groups excluding carboxylic acids is 1. The Morgan fingerprint density at radius 3 is 2.81 bits per heavy atom. The number of amides is 1. The highest BCUT2D eigenvalue weighted by Gasteiger charge is 2.21. The smallest absolute Gasteiger partial charge is 0.269 e. The van der Waals surface area contributed by atoms with E-state index >= 15 is 0 Å². The van der Waals surface area contributed by atoms with Crippen LogP contribution in [0.4, 0.5) is 5.13 Å². The highest BCUT2D eigenvalue weighted by molar-refractivity contribution is 7.15. The minimum Gasteiger partial charge on any atom is -0.372 e. The lowest BCUT2D eigenvalue weighted by molar-refractivity contribution is 0.103. The lowest BCUT2D eigenvalue weighted by atomic mass is 9.98. The van der Waals surface area contributed by atoms with Gasteiger partial charge in [0.2, 0.25) is 0 Å². The summed E-state index contributed by atoms with van der Waals surface area (Å²) in [6, 6.07) is 6.25. The molecule has 7 heteroatoms. The fourth-order valence-corrected chi connectivity index (χ4v) is 4.26. The summed E-state index contributed by atoms with van der Waals surface area (Å²) in [5, 5.41) is 6.38. The number of rotatable bonds is 3. The Bertz CT molecular complexity index is 969. The Hall–Kier alpha value is -2.09. The zero-order chi connectivity index (χ0) is 18.3. The van der Waals surface area contributed by atoms with E-state index in [0.717, 1.165) is 16.3 Å². The lowest BCUT2D eigenvalue weighted by Crippen LogP contribution is -2.10. The number of hydrogen-bond donors (Lipinski definition) is 1. The molecule has 1 amide bonds. The molecule has 1 aliphatic heterocycles. The molecule has 0 bridgehead atoms. The van der Waals surface area contributed by atoms with E-state index in [1.54, 1.807) is 6.20 Å². The Labute approximate surface area is 160 Å². The van der Waals surface area contributed by atoms with Gasteiger partial charge in [0.25, 0.3) is 5.91 Å². The average Bonchev–Trinajstić information content (AvgIpc) is 3.33. The summed E-state index contributed by atoms with van der Waals surface area (Å²) in [5.74, 6) is -0.166. The van der Waals surface area contributed by atoms with Gasteiger partial charge < -0.3 is 4.74 Å². The van der Waals surface area contributed by atoms with E-state index in [2.05, 4.69) is 48.2 Å². The Morgan fingerprint density at radius 2 is 2.04 bits per heavy atom. The molecule has 1 N–H and O–H groups in total. The molecule has 4 rings (SSSR count). The van der Waals surface area contributed by atoms with Gasteiger partial charge in [-0.15, -0.1) is 22.7 Å². The Balaban J connectivity index is 1.50. The monoisotopic (exact) mass is 385 g/mol. The second kappa shape index (κ2) is 6.57. The van der Waals surface area contributed by atoms with Crippen LogP contribution in [0.3, 0.4) is 0 Å². The standard InChI is InChI=1S/C19H19N3O2S2/c1-19(2,3)17-20-7-15(26-17)16(23)22-18-21-14(10-25-18)11-4-5-12-8-24-9-13(12)6-11/h4-7,10H,8-9H2,1-3H3,(H,21,22,23). The maximum atomic E-state index is 12.5. The van der Waals surface area contributed by atoms with Crippen molar-refractivity contribution in [1.82, 2.24) is 9.97 Å². The van der Waals surface area contributed by atoms with E-state index in [9.17, 15) is 4.79 Å². The molecule has 5 nitrogen and oxygen atoms in total. The number of benzene rings is 1. The van der Waals surface area contributed by atoms with Gasteiger partial charge in [0.1, 0.15) is 4.88 Å². The van der Waals surface area contributed by atoms with E-state index in [-0.39, 0.29) is 11.3 Å². The van der Waals surface area contributed by atoms with E-state index < -0.39 is 0 Å². The third kappa shape index (κ3) is 3.42. The normalized spacial score (nSPS) is 13.7. The number of carbonyl (C=O) groups is 1. The molecule has 0 unspecified atom stereocenters. The van der Waals surface area contributed by atoms with Crippen LogP contribution in [-0.2, 0) is 23.4 Å². The highest BCUT2D eigenvalue weighted by Crippen LogP contribution is 2.30. The number of ether oxygens (including phenoxy) is 1. The molecule has 0 fully saturated rings. The average molecular weight is 386 g/mol. The van der Waals surface area contributed by atoms with E-state index in [4.69, 9.17) is 4.74 Å². The molecule has 3 aromatic rings. The first-order chi connectivity index (χ1) is 12.4. The molecular formula is C19H19N3O2S2. The Kier molecular flexibility index (Phi) is 4.38. The van der Waals surface area contributed by atoms with Gasteiger partial charge >= 0.3 is 0 Å². The highest BCUT2D eigenvalue weighted by atomic mass is 32.1. The van der Waals surface area contributed by atoms with Gasteiger partial charge in [-0.2, -0.15) is 0 Å². The van der Waals surface area contributed by atoms with Gasteiger partial charge in [0.15, 0.2) is 5.13 Å². The summed E-state index contributed by atoms with van der Waals surface area (Å²) in [4.78, 5) is 22.0. The van der Waals surface area contributed by atoms with E-state index in [1.165, 1.54) is 33.8 Å². The molecule has 0 aliphatic carbocycles. The number of fused-ring (bicyclic) bond motifs is 1. The molecule has 0 atom stereocenters. The molecule has 1 aromatic carbocycles. The molecule has 134 valence electrons. The molecule has 3 heterocycles. The van der Waals surface area contributed by atoms with Crippen molar-refractivity contribution in [3.63, 3.8) is 0 Å². The third-order valence-corrected chi connectivity index (χ3v) is 6.29. The predicted molar refractivity (Wildman–Crippen MR) is 105 cm³/mol. The third-order valence-electron chi connectivity index (χ3n) is 4.11. The molecule has 0 radical (unpaired) electrons. The quantitative estimate of drug-likeness (QED) is 0.700. The zero-order valence-electron chi connectivity index (χ0n) is 14.8. The van der Waals surface area contributed by atoms with Gasteiger partial charge in [-0.3, -0.25) is 10.1 Å². The molecule has 2 aromatic heterocycles. The van der Waals surface area contributed by atoms with Gasteiger partial charge in [-0.25, -0.2) is 9.97 Å². The van der Waals surface area contributed by atoms with Gasteiger partial charge in [0, 0.05) is 16.4 Å². The van der Waals surface area contributed by atoms with Crippen LogP contribution in [-0.4, -0.2) is 15.9 Å². The molecule has 1 aliphatic rings. The van der Waals surface area contributed by atoms with Crippen LogP contribution in [0.2, 0.25) is 0 Å². The van der Waals surface area contributed by atoms with Crippen molar-refractivity contribution in [2.24, 2.45) is 0 Å². The SMILES string of the molecule is CC(C)(C)c1ncc(C(=O)Nc2nc(-c3ccc4c(c3)COC4)cs2)s1. The van der Waals surface area contributed by atoms with Gasteiger partial charge in [-0.05, 0) is 17.2 Å². The minimum absolute atomic E-state index is 0.0607. The van der Waals surface area contributed by atoms with Crippen molar-refractivity contribution >= 4 is 33.7 Å². The Morgan fingerprint density at radius 1 is 1.23 bits per heavy atom. The summed E-state index contributed by atoms with van der Waals surface area (Å²) >= 11 is 2.85. The molecular weight excluding hydrogens is 366 g/mol. The first-order valence-electron chi connectivity index (χ1n) is 8.33. The predicted octanol–water partition coefficient (Wildman–Crippen LogP) is 4.85. The number of nitrogens with zero attached hydrogens (tertiary/aromatic N) is 2. The summed E-state index contributed by atoms with van der Waals surface area (Å²) in [7, 11) is 0. The first kappa shape index (κ1) is 17.3. The summed E-state index contributed by atoms with van der Waals surface area (Å²) in [6.45, 7) is 7.59. The minimum atomic E-state index is -0.166. The fourth-order valence-electron chi connectivity index (χ4n) is 2.68. The van der Waals surface area contributed by atoms with Crippen LogP contribution < -0.4 is 5.32 Å². The summed E-state index contributed by atoms with van der Waals surface area (Å²) < 4.78 is 5.46. The summed E-state index contributed by atoms with van der Waals surface area (Å²) in [5.41, 5.74) is 4.28. The van der Waals surface area contributed by atoms with Crippen molar-refractivity contribution in [3.8, 4) is 11.3 Å². The van der Waals surface area contributed by atoms with Crippen LogP contribution in [0.15, 0.2) is 29.8 Å². The molecule has 26 heavy (non-hydrogen) atoms.